The van der Waals surface area contributed by atoms with Gasteiger partial charge in [0.25, 0.3) is 0 Å². The third-order valence-corrected chi connectivity index (χ3v) is 5.85. The van der Waals surface area contributed by atoms with Gasteiger partial charge in [0.15, 0.2) is 10.1 Å². The third-order valence-electron chi connectivity index (χ3n) is 3.81. The second-order valence-electron chi connectivity index (χ2n) is 5.63. The van der Waals surface area contributed by atoms with Crippen molar-refractivity contribution in [3.63, 3.8) is 0 Å². The lowest BCUT2D eigenvalue weighted by Gasteiger charge is -2.15. The van der Waals surface area contributed by atoms with E-state index in [1.54, 1.807) is 25.8 Å². The van der Waals surface area contributed by atoms with Crippen LogP contribution in [0, 0.1) is 20.8 Å². The Hall–Kier alpha value is -1.44. The lowest BCUT2D eigenvalue weighted by molar-refractivity contribution is 0.101. The van der Waals surface area contributed by atoms with Gasteiger partial charge in [0, 0.05) is 25.0 Å². The van der Waals surface area contributed by atoms with Crippen molar-refractivity contribution >= 4 is 34.0 Å². The molecular weight excluding hydrogens is 342 g/mol. The highest BCUT2D eigenvalue weighted by molar-refractivity contribution is 8.00. The predicted octanol–water partition coefficient (Wildman–Crippen LogP) is 4.02. The number of rotatable bonds is 8. The summed E-state index contributed by atoms with van der Waals surface area (Å²) in [6.07, 6.45) is 0. The Labute approximate surface area is 151 Å². The van der Waals surface area contributed by atoms with E-state index in [0.717, 1.165) is 31.9 Å². The quantitative estimate of drug-likeness (QED) is 0.433. The van der Waals surface area contributed by atoms with Gasteiger partial charge in [-0.1, -0.05) is 29.2 Å². The summed E-state index contributed by atoms with van der Waals surface area (Å²) in [6, 6.07) is 2.09. The molecule has 130 valence electrons. The number of thioether (sulfide) groups is 1. The number of ketones is 1. The number of methoxy groups -OCH3 is 1. The number of aryl methyl sites for hydroxylation is 2. The summed E-state index contributed by atoms with van der Waals surface area (Å²) in [5.74, 6) is 0.905. The molecule has 0 amide bonds. The van der Waals surface area contributed by atoms with Crippen molar-refractivity contribution in [3.05, 3.63) is 33.9 Å². The van der Waals surface area contributed by atoms with Gasteiger partial charge in [-0.05, 0) is 49.9 Å². The topological polar surface area (TPSA) is 64.1 Å². The minimum Gasteiger partial charge on any atom is -0.383 e. The number of anilines is 1. The number of carbonyl (C=O) groups is 1. The molecule has 0 aliphatic carbocycles. The van der Waals surface area contributed by atoms with Crippen LogP contribution in [0.15, 0.2) is 10.4 Å². The molecule has 24 heavy (non-hydrogen) atoms. The van der Waals surface area contributed by atoms with Crippen LogP contribution in [0.4, 0.5) is 5.13 Å². The first-order valence-corrected chi connectivity index (χ1v) is 9.54. The molecule has 1 N–H and O–H groups in total. The second-order valence-corrected chi connectivity index (χ2v) is 7.83. The first-order chi connectivity index (χ1) is 11.4. The van der Waals surface area contributed by atoms with E-state index in [9.17, 15) is 4.79 Å². The van der Waals surface area contributed by atoms with Gasteiger partial charge in [-0.15, -0.1) is 10.2 Å². The van der Waals surface area contributed by atoms with Gasteiger partial charge in [-0.25, -0.2) is 0 Å². The van der Waals surface area contributed by atoms with E-state index in [-0.39, 0.29) is 5.78 Å². The zero-order chi connectivity index (χ0) is 17.7. The van der Waals surface area contributed by atoms with Crippen molar-refractivity contribution in [2.24, 2.45) is 0 Å². The number of ether oxygens (including phenoxy) is 1. The molecule has 0 aliphatic rings. The lowest BCUT2D eigenvalue weighted by Crippen LogP contribution is -2.06. The molecule has 0 saturated carbocycles. The number of nitrogens with one attached hydrogen (secondary N) is 1. The Balaban J connectivity index is 2.09. The largest absolute Gasteiger partial charge is 0.383 e. The van der Waals surface area contributed by atoms with Crippen molar-refractivity contribution in [2.45, 2.75) is 37.8 Å². The Morgan fingerprint density at radius 3 is 2.71 bits per heavy atom. The summed E-state index contributed by atoms with van der Waals surface area (Å²) in [5.41, 5.74) is 5.39. The van der Waals surface area contributed by atoms with E-state index in [1.807, 2.05) is 13.8 Å². The fourth-order valence-corrected chi connectivity index (χ4v) is 4.69. The Kier molecular flexibility index (Phi) is 6.77. The average molecular weight is 366 g/mol. The highest BCUT2D eigenvalue weighted by Gasteiger charge is 2.15. The van der Waals surface area contributed by atoms with Crippen LogP contribution in [-0.4, -0.2) is 36.2 Å². The maximum absolute atomic E-state index is 11.9. The fourth-order valence-electron chi connectivity index (χ4n) is 2.72. The molecule has 0 bridgehead atoms. The minimum atomic E-state index is 0.122. The van der Waals surface area contributed by atoms with Crippen LogP contribution in [0.25, 0.3) is 0 Å². The number of hydrogen-bond acceptors (Lipinski definition) is 7. The molecule has 0 radical (unpaired) electrons. The molecule has 5 nitrogen and oxygen atoms in total. The average Bonchev–Trinajstić information content (AvgIpc) is 2.94. The normalized spacial score (nSPS) is 10.9. The number of hydrogen-bond donors (Lipinski definition) is 1. The van der Waals surface area contributed by atoms with Gasteiger partial charge >= 0.3 is 0 Å². The van der Waals surface area contributed by atoms with Crippen LogP contribution in [0.1, 0.15) is 39.5 Å². The molecule has 0 atom stereocenters. The summed E-state index contributed by atoms with van der Waals surface area (Å²) in [4.78, 5) is 11.9. The number of carbonyl (C=O) groups excluding carboxylic acids is 1. The first-order valence-electron chi connectivity index (χ1n) is 7.73. The number of aromatic nitrogens is 2. The van der Waals surface area contributed by atoms with Crippen LogP contribution in [-0.2, 0) is 10.5 Å². The Morgan fingerprint density at radius 2 is 2.04 bits per heavy atom. The van der Waals surface area contributed by atoms with Crippen LogP contribution >= 0.6 is 23.1 Å². The van der Waals surface area contributed by atoms with Crippen LogP contribution in [0.5, 0.6) is 0 Å². The molecule has 0 fully saturated rings. The van der Waals surface area contributed by atoms with Gasteiger partial charge in [0.05, 0.1) is 6.61 Å². The highest BCUT2D eigenvalue weighted by atomic mass is 32.2. The maximum atomic E-state index is 11.9. The highest BCUT2D eigenvalue weighted by Crippen LogP contribution is 2.32. The van der Waals surface area contributed by atoms with Crippen molar-refractivity contribution in [1.82, 2.24) is 10.2 Å². The third kappa shape index (κ3) is 4.55. The van der Waals surface area contributed by atoms with E-state index in [0.29, 0.717) is 13.2 Å². The number of Topliss-reactive ketones (excluding diaryl/α,β-unsaturated/α-hetero) is 1. The van der Waals surface area contributed by atoms with Gasteiger partial charge in [0.1, 0.15) is 0 Å². The molecule has 0 unspecified atom stereocenters. The molecule has 2 aromatic rings. The molecule has 0 saturated heterocycles. The summed E-state index contributed by atoms with van der Waals surface area (Å²) in [6.45, 7) is 9.11. The minimum absolute atomic E-state index is 0.122. The molecule has 1 heterocycles. The zero-order valence-corrected chi connectivity index (χ0v) is 16.4. The molecule has 2 rings (SSSR count). The first kappa shape index (κ1) is 18.9. The van der Waals surface area contributed by atoms with Crippen molar-refractivity contribution in [1.29, 1.82) is 0 Å². The van der Waals surface area contributed by atoms with Crippen molar-refractivity contribution in [3.8, 4) is 0 Å². The van der Waals surface area contributed by atoms with Crippen LogP contribution in [0.3, 0.4) is 0 Å². The fraction of sp³-hybridized carbons (Fsp3) is 0.471. The lowest BCUT2D eigenvalue weighted by atomic mass is 9.92. The van der Waals surface area contributed by atoms with Gasteiger partial charge < -0.3 is 10.1 Å². The monoisotopic (exact) mass is 365 g/mol. The van der Waals surface area contributed by atoms with Crippen molar-refractivity contribution < 1.29 is 9.53 Å². The molecule has 1 aromatic heterocycles. The van der Waals surface area contributed by atoms with Gasteiger partial charge in [-0.3, -0.25) is 4.79 Å². The van der Waals surface area contributed by atoms with Crippen LogP contribution < -0.4 is 5.32 Å². The molecule has 7 heteroatoms. The molecule has 1 aromatic carbocycles. The zero-order valence-electron chi connectivity index (χ0n) is 14.7. The summed E-state index contributed by atoms with van der Waals surface area (Å²) >= 11 is 3.19. The van der Waals surface area contributed by atoms with E-state index in [1.165, 1.54) is 22.5 Å². The number of benzene rings is 1. The van der Waals surface area contributed by atoms with E-state index in [4.69, 9.17) is 4.74 Å². The van der Waals surface area contributed by atoms with E-state index < -0.39 is 0 Å². The molecule has 0 aliphatic heterocycles. The molecular formula is C17H23N3O2S2. The summed E-state index contributed by atoms with van der Waals surface area (Å²) < 4.78 is 5.92. The predicted molar refractivity (Wildman–Crippen MR) is 100 cm³/mol. The number of nitrogens with zero attached hydrogens (tertiary/aromatic N) is 2. The smallest absolute Gasteiger partial charge is 0.206 e. The SMILES string of the molecule is COCCNc1nnc(SCc2c(C)cc(C)c(C(C)=O)c2C)s1. The Morgan fingerprint density at radius 1 is 1.29 bits per heavy atom. The van der Waals surface area contributed by atoms with E-state index >= 15 is 0 Å². The van der Waals surface area contributed by atoms with Crippen molar-refractivity contribution in [2.75, 3.05) is 25.6 Å². The standard InChI is InChI=1S/C17H23N3O2S2/c1-10-8-11(2)15(13(4)21)12(3)14(10)9-23-17-20-19-16(24-17)18-6-7-22-5/h8H,6-7,9H2,1-5H3,(H,18,19). The summed E-state index contributed by atoms with van der Waals surface area (Å²) in [7, 11) is 1.67. The second kappa shape index (κ2) is 8.60. The van der Waals surface area contributed by atoms with Gasteiger partial charge in [0.2, 0.25) is 5.13 Å². The Bertz CT molecular complexity index is 729. The molecule has 0 spiro atoms. The maximum Gasteiger partial charge on any atom is 0.206 e. The van der Waals surface area contributed by atoms with E-state index in [2.05, 4.69) is 28.5 Å². The van der Waals surface area contributed by atoms with Crippen LogP contribution in [0.2, 0.25) is 0 Å². The summed E-state index contributed by atoms with van der Waals surface area (Å²) in [5, 5.41) is 12.3. The van der Waals surface area contributed by atoms with Gasteiger partial charge in [-0.2, -0.15) is 0 Å².